The maximum atomic E-state index is 13.6. The summed E-state index contributed by atoms with van der Waals surface area (Å²) in [6, 6.07) is 10.3. The van der Waals surface area contributed by atoms with Crippen LogP contribution >= 0.6 is 0 Å². The number of nitrogens with zero attached hydrogens (tertiary/aromatic N) is 3. The average Bonchev–Trinajstić information content (AvgIpc) is 2.84. The number of aryl methyl sites for hydroxylation is 1. The molecule has 0 radical (unpaired) electrons. The van der Waals surface area contributed by atoms with Crippen molar-refractivity contribution < 1.29 is 4.39 Å². The van der Waals surface area contributed by atoms with Crippen molar-refractivity contribution in [2.24, 2.45) is 0 Å². The lowest BCUT2D eigenvalue weighted by molar-refractivity contribution is 0.631. The zero-order valence-electron chi connectivity index (χ0n) is 11.3. The summed E-state index contributed by atoms with van der Waals surface area (Å²) in [7, 11) is 0. The average molecular weight is 257 g/mol. The highest BCUT2D eigenvalue weighted by molar-refractivity contribution is 5.62. The number of imidazole rings is 1. The molecular weight excluding hydrogens is 241 g/mol. The van der Waals surface area contributed by atoms with Gasteiger partial charge in [-0.15, -0.1) is 0 Å². The minimum Gasteiger partial charge on any atom is -0.227 e. The fourth-order valence-electron chi connectivity index (χ4n) is 1.78. The number of fused-ring (bicyclic) bond motifs is 1. The topological polar surface area (TPSA) is 30.2 Å². The van der Waals surface area contributed by atoms with Crippen molar-refractivity contribution in [2.75, 3.05) is 0 Å². The highest BCUT2D eigenvalue weighted by atomic mass is 19.1. The van der Waals surface area contributed by atoms with Gasteiger partial charge in [0.05, 0.1) is 17.6 Å². The van der Waals surface area contributed by atoms with Crippen LogP contribution in [-0.4, -0.2) is 14.6 Å². The van der Waals surface area contributed by atoms with Crippen LogP contribution in [0.5, 0.6) is 0 Å². The summed E-state index contributed by atoms with van der Waals surface area (Å²) >= 11 is 0. The molecule has 4 heteroatoms. The molecule has 0 atom stereocenters. The number of hydrogen-bond acceptors (Lipinski definition) is 2. The molecule has 0 saturated heterocycles. The first-order valence-electron chi connectivity index (χ1n) is 6.32. The predicted octanol–water partition coefficient (Wildman–Crippen LogP) is 3.87. The molecule has 3 aromatic rings. The molecule has 0 bridgehead atoms. The third-order valence-electron chi connectivity index (χ3n) is 2.60. The molecule has 3 rings (SSSR count). The van der Waals surface area contributed by atoms with E-state index in [2.05, 4.69) is 10.1 Å². The molecule has 0 aliphatic carbocycles. The molecule has 0 spiro atoms. The van der Waals surface area contributed by atoms with E-state index in [1.807, 2.05) is 32.9 Å². The Labute approximate surface area is 111 Å². The van der Waals surface area contributed by atoms with E-state index < -0.39 is 0 Å². The van der Waals surface area contributed by atoms with Crippen LogP contribution in [0.4, 0.5) is 4.39 Å². The molecule has 98 valence electrons. The van der Waals surface area contributed by atoms with Crippen molar-refractivity contribution >= 4 is 5.65 Å². The largest absolute Gasteiger partial charge is 0.227 e. The SMILES string of the molecule is CC.Cc1ccc2nc(-c3ccccc3F)cn2n1. The molecule has 0 aliphatic rings. The van der Waals surface area contributed by atoms with Gasteiger partial charge in [0.15, 0.2) is 5.65 Å². The van der Waals surface area contributed by atoms with Gasteiger partial charge in [0.1, 0.15) is 5.82 Å². The van der Waals surface area contributed by atoms with Crippen molar-refractivity contribution in [3.63, 3.8) is 0 Å². The van der Waals surface area contributed by atoms with E-state index in [9.17, 15) is 4.39 Å². The monoisotopic (exact) mass is 257 g/mol. The number of halogens is 1. The molecule has 0 N–H and O–H groups in total. The number of benzene rings is 1. The minimum atomic E-state index is -0.271. The Bertz CT molecular complexity index is 689. The first kappa shape index (κ1) is 13.2. The van der Waals surface area contributed by atoms with Gasteiger partial charge >= 0.3 is 0 Å². The van der Waals surface area contributed by atoms with E-state index >= 15 is 0 Å². The van der Waals surface area contributed by atoms with Crippen molar-refractivity contribution in [1.82, 2.24) is 14.6 Å². The lowest BCUT2D eigenvalue weighted by atomic mass is 10.1. The second-order valence-corrected chi connectivity index (χ2v) is 3.88. The third-order valence-corrected chi connectivity index (χ3v) is 2.60. The van der Waals surface area contributed by atoms with Gasteiger partial charge in [-0.1, -0.05) is 26.0 Å². The van der Waals surface area contributed by atoms with E-state index in [-0.39, 0.29) is 5.82 Å². The fraction of sp³-hybridized carbons (Fsp3) is 0.200. The highest BCUT2D eigenvalue weighted by Crippen LogP contribution is 2.21. The Morgan fingerprint density at radius 3 is 2.53 bits per heavy atom. The second-order valence-electron chi connectivity index (χ2n) is 3.88. The first-order chi connectivity index (χ1) is 9.24. The Balaban J connectivity index is 0.000000637. The van der Waals surface area contributed by atoms with Gasteiger partial charge in [-0.25, -0.2) is 13.9 Å². The highest BCUT2D eigenvalue weighted by Gasteiger charge is 2.08. The van der Waals surface area contributed by atoms with Crippen molar-refractivity contribution in [3.05, 3.63) is 54.1 Å². The van der Waals surface area contributed by atoms with Gasteiger partial charge in [0, 0.05) is 5.56 Å². The van der Waals surface area contributed by atoms with E-state index in [0.29, 0.717) is 16.9 Å². The molecule has 0 aliphatic heterocycles. The predicted molar refractivity (Wildman–Crippen MR) is 74.5 cm³/mol. The van der Waals surface area contributed by atoms with E-state index in [1.54, 1.807) is 28.9 Å². The van der Waals surface area contributed by atoms with Crippen molar-refractivity contribution in [1.29, 1.82) is 0 Å². The van der Waals surface area contributed by atoms with Crippen molar-refractivity contribution in [2.45, 2.75) is 20.8 Å². The summed E-state index contributed by atoms with van der Waals surface area (Å²) in [5.74, 6) is -0.271. The van der Waals surface area contributed by atoms with Crippen LogP contribution < -0.4 is 0 Å². The van der Waals surface area contributed by atoms with Crippen LogP contribution in [0.2, 0.25) is 0 Å². The molecule has 2 heterocycles. The Morgan fingerprint density at radius 1 is 1.05 bits per heavy atom. The Morgan fingerprint density at radius 2 is 1.79 bits per heavy atom. The number of hydrogen-bond donors (Lipinski definition) is 0. The van der Waals surface area contributed by atoms with Gasteiger partial charge < -0.3 is 0 Å². The lowest BCUT2D eigenvalue weighted by Gasteiger charge is -1.96. The van der Waals surface area contributed by atoms with Crippen LogP contribution in [0.3, 0.4) is 0 Å². The van der Waals surface area contributed by atoms with Gasteiger partial charge in [-0.2, -0.15) is 5.10 Å². The molecule has 0 fully saturated rings. The van der Waals surface area contributed by atoms with Crippen LogP contribution in [0.15, 0.2) is 42.6 Å². The summed E-state index contributed by atoms with van der Waals surface area (Å²) in [5, 5.41) is 4.28. The Kier molecular flexibility index (Phi) is 3.90. The van der Waals surface area contributed by atoms with Crippen LogP contribution in [-0.2, 0) is 0 Å². The number of rotatable bonds is 1. The van der Waals surface area contributed by atoms with Gasteiger partial charge in [0.2, 0.25) is 0 Å². The van der Waals surface area contributed by atoms with E-state index in [4.69, 9.17) is 0 Å². The summed E-state index contributed by atoms with van der Waals surface area (Å²) in [6.07, 6.45) is 1.74. The summed E-state index contributed by atoms with van der Waals surface area (Å²) < 4.78 is 15.3. The van der Waals surface area contributed by atoms with Crippen LogP contribution in [0, 0.1) is 12.7 Å². The molecule has 0 unspecified atom stereocenters. The Hall–Kier alpha value is -2.23. The van der Waals surface area contributed by atoms with Crippen molar-refractivity contribution in [3.8, 4) is 11.3 Å². The van der Waals surface area contributed by atoms with Gasteiger partial charge in [-0.3, -0.25) is 0 Å². The van der Waals surface area contributed by atoms with Crippen LogP contribution in [0.1, 0.15) is 19.5 Å². The molecule has 2 aromatic heterocycles. The smallest absolute Gasteiger partial charge is 0.154 e. The summed E-state index contributed by atoms with van der Waals surface area (Å²) in [5.41, 5.74) is 2.71. The summed E-state index contributed by atoms with van der Waals surface area (Å²) in [6.45, 7) is 5.90. The first-order valence-corrected chi connectivity index (χ1v) is 6.32. The zero-order valence-corrected chi connectivity index (χ0v) is 11.3. The van der Waals surface area contributed by atoms with E-state index in [1.165, 1.54) is 6.07 Å². The molecule has 19 heavy (non-hydrogen) atoms. The minimum absolute atomic E-state index is 0.271. The maximum Gasteiger partial charge on any atom is 0.154 e. The lowest BCUT2D eigenvalue weighted by Crippen LogP contribution is -1.91. The standard InChI is InChI=1S/C13H10FN3.C2H6/c1-9-6-7-13-15-12(8-17(13)16-9)10-4-2-3-5-11(10)14;1-2/h2-8H,1H3;1-2H3. The number of aromatic nitrogens is 3. The zero-order chi connectivity index (χ0) is 13.8. The summed E-state index contributed by atoms with van der Waals surface area (Å²) in [4.78, 5) is 4.35. The third kappa shape index (κ3) is 2.62. The molecule has 0 saturated carbocycles. The molecule has 1 aromatic carbocycles. The van der Waals surface area contributed by atoms with Crippen LogP contribution in [0.25, 0.3) is 16.9 Å². The maximum absolute atomic E-state index is 13.6. The normalized spacial score (nSPS) is 10.1. The van der Waals surface area contributed by atoms with Gasteiger partial charge in [0.25, 0.3) is 0 Å². The molecular formula is C15H16FN3. The van der Waals surface area contributed by atoms with Gasteiger partial charge in [-0.05, 0) is 31.2 Å². The second kappa shape index (κ2) is 5.61. The fourth-order valence-corrected chi connectivity index (χ4v) is 1.78. The quantitative estimate of drug-likeness (QED) is 0.662. The molecule has 0 amide bonds. The van der Waals surface area contributed by atoms with E-state index in [0.717, 1.165) is 5.69 Å². The molecule has 3 nitrogen and oxygen atoms in total.